The number of benzene rings is 2. The molecule has 1 amide bonds. The van der Waals surface area contributed by atoms with Crippen molar-refractivity contribution < 1.29 is 4.79 Å². The number of hydrogen-bond acceptors (Lipinski definition) is 4. The number of aromatic nitrogens is 2. The molecule has 0 saturated carbocycles. The van der Waals surface area contributed by atoms with Gasteiger partial charge in [0.25, 0.3) is 0 Å². The van der Waals surface area contributed by atoms with E-state index in [1.165, 1.54) is 11.3 Å². The Morgan fingerprint density at radius 1 is 1.04 bits per heavy atom. The molecule has 0 N–H and O–H groups in total. The lowest BCUT2D eigenvalue weighted by Crippen LogP contribution is -2.32. The third-order valence-corrected chi connectivity index (χ3v) is 5.77. The molecular formula is C23H21N3OS. The molecule has 2 aromatic heterocycles. The van der Waals surface area contributed by atoms with Gasteiger partial charge in [0.2, 0.25) is 5.91 Å². The van der Waals surface area contributed by atoms with E-state index in [1.807, 2.05) is 56.3 Å². The van der Waals surface area contributed by atoms with Crippen LogP contribution in [0.15, 0.2) is 66.9 Å². The summed E-state index contributed by atoms with van der Waals surface area (Å²) in [5.74, 6) is 0.0263. The minimum atomic E-state index is 0.0263. The predicted molar refractivity (Wildman–Crippen MR) is 115 cm³/mol. The number of hydrogen-bond donors (Lipinski definition) is 0. The monoisotopic (exact) mass is 387 g/mol. The van der Waals surface area contributed by atoms with Gasteiger partial charge < -0.3 is 0 Å². The highest BCUT2D eigenvalue weighted by Gasteiger charge is 2.21. The second kappa shape index (κ2) is 7.90. The van der Waals surface area contributed by atoms with Crippen LogP contribution in [0.3, 0.4) is 0 Å². The summed E-state index contributed by atoms with van der Waals surface area (Å²) in [5, 5.41) is 0.710. The van der Waals surface area contributed by atoms with E-state index in [2.05, 4.69) is 23.2 Å². The Labute approximate surface area is 168 Å². The molecular weight excluding hydrogens is 366 g/mol. The molecule has 5 heteroatoms. The maximum atomic E-state index is 13.3. The number of thiazole rings is 1. The first kappa shape index (κ1) is 18.3. The Morgan fingerprint density at radius 3 is 2.64 bits per heavy atom. The van der Waals surface area contributed by atoms with Crippen molar-refractivity contribution in [2.24, 2.45) is 0 Å². The molecule has 0 radical (unpaired) electrons. The van der Waals surface area contributed by atoms with Gasteiger partial charge in [-0.05, 0) is 49.2 Å². The number of nitrogens with zero attached hydrogens (tertiary/aromatic N) is 3. The summed E-state index contributed by atoms with van der Waals surface area (Å²) >= 11 is 1.54. The molecule has 0 aliphatic heterocycles. The number of para-hydroxylation sites is 1. The molecule has 0 fully saturated rings. The molecule has 4 nitrogen and oxygen atoms in total. The topological polar surface area (TPSA) is 46.1 Å². The second-order valence-electron chi connectivity index (χ2n) is 6.87. The van der Waals surface area contributed by atoms with E-state index in [0.717, 1.165) is 32.6 Å². The second-order valence-corrected chi connectivity index (χ2v) is 7.88. The molecule has 0 aliphatic carbocycles. The van der Waals surface area contributed by atoms with Crippen LogP contribution in [0.2, 0.25) is 0 Å². The molecule has 4 aromatic rings. The van der Waals surface area contributed by atoms with E-state index in [-0.39, 0.29) is 5.91 Å². The van der Waals surface area contributed by atoms with Crippen molar-refractivity contribution in [2.75, 3.05) is 4.90 Å². The van der Waals surface area contributed by atoms with E-state index in [4.69, 9.17) is 4.98 Å². The molecule has 0 atom stereocenters. The largest absolute Gasteiger partial charge is 0.282 e. The van der Waals surface area contributed by atoms with Crippen molar-refractivity contribution in [2.45, 2.75) is 26.8 Å². The smallest absolute Gasteiger partial charge is 0.233 e. The summed E-state index contributed by atoms with van der Waals surface area (Å²) in [6.07, 6.45) is 2.09. The van der Waals surface area contributed by atoms with Gasteiger partial charge in [-0.15, -0.1) is 0 Å². The van der Waals surface area contributed by atoms with Crippen molar-refractivity contribution in [1.82, 2.24) is 9.97 Å². The summed E-state index contributed by atoms with van der Waals surface area (Å²) < 4.78 is 1.07. The van der Waals surface area contributed by atoms with Crippen LogP contribution >= 0.6 is 11.3 Å². The van der Waals surface area contributed by atoms with Crippen molar-refractivity contribution in [3.05, 3.63) is 89.2 Å². The number of anilines is 1. The van der Waals surface area contributed by atoms with Crippen molar-refractivity contribution >= 4 is 32.6 Å². The van der Waals surface area contributed by atoms with Crippen LogP contribution in [0.4, 0.5) is 5.13 Å². The lowest BCUT2D eigenvalue weighted by atomic mass is 10.0. The average Bonchev–Trinajstić information content (AvgIpc) is 3.13. The highest BCUT2D eigenvalue weighted by Crippen LogP contribution is 2.30. The number of fused-ring (bicyclic) bond motifs is 1. The SMILES string of the molecule is Cc1ccc(C)c(CC(=O)N(Cc2ccccn2)c2nc3ccccc3s2)c1. The first-order chi connectivity index (χ1) is 13.6. The highest BCUT2D eigenvalue weighted by atomic mass is 32.1. The fourth-order valence-corrected chi connectivity index (χ4v) is 4.12. The molecule has 140 valence electrons. The van der Waals surface area contributed by atoms with E-state index < -0.39 is 0 Å². The summed E-state index contributed by atoms with van der Waals surface area (Å²) in [7, 11) is 0. The van der Waals surface area contributed by atoms with Gasteiger partial charge in [-0.1, -0.05) is 53.3 Å². The zero-order valence-electron chi connectivity index (χ0n) is 15.9. The summed E-state index contributed by atoms with van der Waals surface area (Å²) in [4.78, 5) is 24.2. The molecule has 0 unspecified atom stereocenters. The van der Waals surface area contributed by atoms with Gasteiger partial charge in [0.15, 0.2) is 5.13 Å². The average molecular weight is 388 g/mol. The Balaban J connectivity index is 1.69. The van der Waals surface area contributed by atoms with Crippen LogP contribution in [-0.4, -0.2) is 15.9 Å². The van der Waals surface area contributed by atoms with Gasteiger partial charge in [-0.25, -0.2) is 4.98 Å². The maximum absolute atomic E-state index is 13.3. The number of aryl methyl sites for hydroxylation is 2. The molecule has 0 aliphatic rings. The number of rotatable bonds is 5. The third-order valence-electron chi connectivity index (χ3n) is 4.71. The summed E-state index contributed by atoms with van der Waals surface area (Å²) in [6, 6.07) is 19.9. The van der Waals surface area contributed by atoms with Gasteiger partial charge in [-0.2, -0.15) is 0 Å². The quantitative estimate of drug-likeness (QED) is 0.479. The van der Waals surface area contributed by atoms with E-state index in [1.54, 1.807) is 11.1 Å². The van der Waals surface area contributed by atoms with Gasteiger partial charge in [0.05, 0.1) is 28.9 Å². The van der Waals surface area contributed by atoms with Gasteiger partial charge in [-0.3, -0.25) is 14.7 Å². The molecule has 28 heavy (non-hydrogen) atoms. The molecule has 0 saturated heterocycles. The summed E-state index contributed by atoms with van der Waals surface area (Å²) in [5.41, 5.74) is 5.09. The number of carbonyl (C=O) groups is 1. The first-order valence-electron chi connectivity index (χ1n) is 9.22. The molecule has 4 rings (SSSR count). The molecule has 2 heterocycles. The van der Waals surface area contributed by atoms with Crippen LogP contribution in [0.1, 0.15) is 22.4 Å². The van der Waals surface area contributed by atoms with Crippen molar-refractivity contribution in [3.63, 3.8) is 0 Å². The van der Waals surface area contributed by atoms with Crippen LogP contribution < -0.4 is 4.90 Å². The zero-order valence-corrected chi connectivity index (χ0v) is 16.7. The van der Waals surface area contributed by atoms with Crippen LogP contribution in [0.5, 0.6) is 0 Å². The zero-order chi connectivity index (χ0) is 19.5. The van der Waals surface area contributed by atoms with Gasteiger partial charge in [0.1, 0.15) is 0 Å². The molecule has 0 bridgehead atoms. The Bertz CT molecular complexity index is 1090. The van der Waals surface area contributed by atoms with Crippen molar-refractivity contribution in [1.29, 1.82) is 0 Å². The van der Waals surface area contributed by atoms with E-state index >= 15 is 0 Å². The van der Waals surface area contributed by atoms with E-state index in [9.17, 15) is 4.79 Å². The Hall–Kier alpha value is -3.05. The molecule has 2 aromatic carbocycles. The van der Waals surface area contributed by atoms with E-state index in [0.29, 0.717) is 18.1 Å². The maximum Gasteiger partial charge on any atom is 0.233 e. The minimum Gasteiger partial charge on any atom is -0.282 e. The summed E-state index contributed by atoms with van der Waals surface area (Å²) in [6.45, 7) is 4.50. The lowest BCUT2D eigenvalue weighted by molar-refractivity contribution is -0.118. The Morgan fingerprint density at radius 2 is 1.86 bits per heavy atom. The van der Waals surface area contributed by atoms with Gasteiger partial charge in [0, 0.05) is 6.20 Å². The number of amides is 1. The predicted octanol–water partition coefficient (Wildman–Crippen LogP) is 5.08. The normalized spacial score (nSPS) is 10.9. The fraction of sp³-hybridized carbons (Fsp3) is 0.174. The van der Waals surface area contributed by atoms with Crippen LogP contribution in [0, 0.1) is 13.8 Å². The lowest BCUT2D eigenvalue weighted by Gasteiger charge is -2.20. The fourth-order valence-electron chi connectivity index (χ4n) is 3.14. The number of pyridine rings is 1. The van der Waals surface area contributed by atoms with Gasteiger partial charge >= 0.3 is 0 Å². The van der Waals surface area contributed by atoms with Crippen LogP contribution in [-0.2, 0) is 17.8 Å². The highest BCUT2D eigenvalue weighted by molar-refractivity contribution is 7.22. The Kier molecular flexibility index (Phi) is 5.17. The number of carbonyl (C=O) groups excluding carboxylic acids is 1. The minimum absolute atomic E-state index is 0.0263. The van der Waals surface area contributed by atoms with Crippen LogP contribution in [0.25, 0.3) is 10.2 Å². The third kappa shape index (κ3) is 3.94. The van der Waals surface area contributed by atoms with Crippen molar-refractivity contribution in [3.8, 4) is 0 Å². The first-order valence-corrected chi connectivity index (χ1v) is 10.0. The standard InChI is InChI=1S/C23H21N3OS/c1-16-10-11-17(2)18(13-16)14-22(27)26(15-19-7-5-6-12-24-19)23-25-20-8-3-4-9-21(20)28-23/h3-13H,14-15H2,1-2H3. The molecule has 0 spiro atoms.